The van der Waals surface area contributed by atoms with Crippen molar-refractivity contribution in [3.05, 3.63) is 28.2 Å². The third-order valence-electron chi connectivity index (χ3n) is 4.72. The summed E-state index contributed by atoms with van der Waals surface area (Å²) in [5, 5.41) is 3.56. The summed E-state index contributed by atoms with van der Waals surface area (Å²) in [5.41, 5.74) is 3.04. The summed E-state index contributed by atoms with van der Waals surface area (Å²) in [6.07, 6.45) is 5.33. The van der Waals surface area contributed by atoms with E-state index in [1.54, 1.807) is 5.56 Å². The molecule has 0 spiro atoms. The fraction of sp³-hybridized carbons (Fsp3) is 0.647. The lowest BCUT2D eigenvalue weighted by molar-refractivity contribution is 0.338. The number of nitrogens with zero attached hydrogens (tertiary/aromatic N) is 1. The first-order valence-electron chi connectivity index (χ1n) is 8.03. The Bertz CT molecular complexity index is 454. The molecule has 0 aliphatic carbocycles. The SMILES string of the molecule is CCCN1CC(CC2CCCNC2)c2cc(Br)ccc21. The molecule has 0 bridgehead atoms. The quantitative estimate of drug-likeness (QED) is 0.888. The number of anilines is 1. The van der Waals surface area contributed by atoms with Crippen molar-refractivity contribution in [1.29, 1.82) is 0 Å². The molecule has 3 heteroatoms. The smallest absolute Gasteiger partial charge is 0.0403 e. The zero-order valence-corrected chi connectivity index (χ0v) is 14.0. The van der Waals surface area contributed by atoms with Gasteiger partial charge in [0.05, 0.1) is 0 Å². The predicted octanol–water partition coefficient (Wildman–Crippen LogP) is 4.15. The van der Waals surface area contributed by atoms with Gasteiger partial charge in [-0.2, -0.15) is 0 Å². The summed E-state index contributed by atoms with van der Waals surface area (Å²) < 4.78 is 1.22. The van der Waals surface area contributed by atoms with Gasteiger partial charge < -0.3 is 10.2 Å². The average molecular weight is 337 g/mol. The first-order valence-corrected chi connectivity index (χ1v) is 8.82. The van der Waals surface area contributed by atoms with Crippen molar-refractivity contribution in [3.8, 4) is 0 Å². The maximum atomic E-state index is 3.65. The second kappa shape index (κ2) is 6.48. The lowest BCUT2D eigenvalue weighted by atomic mass is 9.86. The van der Waals surface area contributed by atoms with Crippen LogP contribution in [0.2, 0.25) is 0 Å². The Morgan fingerprint density at radius 3 is 3.05 bits per heavy atom. The lowest BCUT2D eigenvalue weighted by Gasteiger charge is -2.26. The number of hydrogen-bond acceptors (Lipinski definition) is 2. The Morgan fingerprint density at radius 1 is 1.40 bits per heavy atom. The van der Waals surface area contributed by atoms with Crippen LogP contribution in [0.4, 0.5) is 5.69 Å². The average Bonchev–Trinajstić information content (AvgIpc) is 2.78. The maximum Gasteiger partial charge on any atom is 0.0403 e. The summed E-state index contributed by atoms with van der Waals surface area (Å²) in [6, 6.07) is 6.84. The van der Waals surface area contributed by atoms with Crippen molar-refractivity contribution < 1.29 is 0 Å². The molecular weight excluding hydrogens is 312 g/mol. The van der Waals surface area contributed by atoms with E-state index in [1.165, 1.54) is 62.0 Å². The number of fused-ring (bicyclic) bond motifs is 1. The van der Waals surface area contributed by atoms with E-state index in [9.17, 15) is 0 Å². The molecule has 2 aliphatic heterocycles. The van der Waals surface area contributed by atoms with Gasteiger partial charge >= 0.3 is 0 Å². The minimum atomic E-state index is 0.721. The monoisotopic (exact) mass is 336 g/mol. The maximum absolute atomic E-state index is 3.65. The third-order valence-corrected chi connectivity index (χ3v) is 5.21. The highest BCUT2D eigenvalue weighted by atomic mass is 79.9. The van der Waals surface area contributed by atoms with Crippen molar-refractivity contribution >= 4 is 21.6 Å². The summed E-state index contributed by atoms with van der Waals surface area (Å²) >= 11 is 3.65. The first-order chi connectivity index (χ1) is 9.78. The van der Waals surface area contributed by atoms with Crippen molar-refractivity contribution in [1.82, 2.24) is 5.32 Å². The number of piperidine rings is 1. The molecular formula is C17H25BrN2. The topological polar surface area (TPSA) is 15.3 Å². The Balaban J connectivity index is 1.77. The van der Waals surface area contributed by atoms with Gasteiger partial charge in [0.1, 0.15) is 0 Å². The second-order valence-electron chi connectivity index (χ2n) is 6.29. The van der Waals surface area contributed by atoms with Crippen LogP contribution in [-0.2, 0) is 0 Å². The Labute approximate surface area is 131 Å². The summed E-state index contributed by atoms with van der Waals surface area (Å²) in [5.74, 6) is 1.58. The molecule has 0 saturated carbocycles. The summed E-state index contributed by atoms with van der Waals surface area (Å²) in [6.45, 7) is 7.11. The highest BCUT2D eigenvalue weighted by Gasteiger charge is 2.30. The number of nitrogens with one attached hydrogen (secondary N) is 1. The van der Waals surface area contributed by atoms with E-state index in [-0.39, 0.29) is 0 Å². The van der Waals surface area contributed by atoms with Gasteiger partial charge in [-0.15, -0.1) is 0 Å². The highest BCUT2D eigenvalue weighted by Crippen LogP contribution is 2.41. The van der Waals surface area contributed by atoms with Gasteiger partial charge in [0.2, 0.25) is 0 Å². The molecule has 2 nitrogen and oxygen atoms in total. The predicted molar refractivity (Wildman–Crippen MR) is 89.6 cm³/mol. The molecule has 20 heavy (non-hydrogen) atoms. The Morgan fingerprint density at radius 2 is 2.30 bits per heavy atom. The van der Waals surface area contributed by atoms with Crippen LogP contribution in [-0.4, -0.2) is 26.2 Å². The van der Waals surface area contributed by atoms with Crippen LogP contribution < -0.4 is 10.2 Å². The fourth-order valence-electron chi connectivity index (χ4n) is 3.81. The van der Waals surface area contributed by atoms with E-state index < -0.39 is 0 Å². The summed E-state index contributed by atoms with van der Waals surface area (Å²) in [7, 11) is 0. The minimum absolute atomic E-state index is 0.721. The third kappa shape index (κ3) is 3.04. The second-order valence-corrected chi connectivity index (χ2v) is 7.21. The Kier molecular flexibility index (Phi) is 4.67. The van der Waals surface area contributed by atoms with E-state index in [4.69, 9.17) is 0 Å². The van der Waals surface area contributed by atoms with E-state index in [1.807, 2.05) is 0 Å². The standard InChI is InChI=1S/C17H25BrN2/c1-2-8-20-12-14(9-13-4-3-7-19-11-13)16-10-15(18)5-6-17(16)20/h5-6,10,13-14,19H,2-4,7-9,11-12H2,1H3. The fourth-order valence-corrected chi connectivity index (χ4v) is 4.19. The van der Waals surface area contributed by atoms with Crippen LogP contribution in [0.5, 0.6) is 0 Å². The number of benzene rings is 1. The van der Waals surface area contributed by atoms with Crippen LogP contribution in [0.25, 0.3) is 0 Å². The van der Waals surface area contributed by atoms with E-state index >= 15 is 0 Å². The van der Waals surface area contributed by atoms with Gasteiger partial charge in [-0.3, -0.25) is 0 Å². The van der Waals surface area contributed by atoms with Crippen molar-refractivity contribution in [2.45, 2.75) is 38.5 Å². The molecule has 1 aromatic rings. The van der Waals surface area contributed by atoms with Gasteiger partial charge in [-0.25, -0.2) is 0 Å². The molecule has 2 unspecified atom stereocenters. The summed E-state index contributed by atoms with van der Waals surface area (Å²) in [4.78, 5) is 2.59. The van der Waals surface area contributed by atoms with Crippen molar-refractivity contribution in [2.24, 2.45) is 5.92 Å². The molecule has 1 N–H and O–H groups in total. The first kappa shape index (κ1) is 14.4. The molecule has 1 saturated heterocycles. The normalized spacial score (nSPS) is 25.8. The van der Waals surface area contributed by atoms with Gasteiger partial charge in [0.25, 0.3) is 0 Å². The van der Waals surface area contributed by atoms with Gasteiger partial charge in [-0.05, 0) is 68.5 Å². The number of rotatable bonds is 4. The van der Waals surface area contributed by atoms with Crippen LogP contribution in [0, 0.1) is 5.92 Å². The van der Waals surface area contributed by atoms with E-state index in [0.717, 1.165) is 11.8 Å². The zero-order chi connectivity index (χ0) is 13.9. The van der Waals surface area contributed by atoms with Crippen LogP contribution in [0.15, 0.2) is 22.7 Å². The largest absolute Gasteiger partial charge is 0.371 e. The van der Waals surface area contributed by atoms with Crippen LogP contribution in [0.1, 0.15) is 44.1 Å². The minimum Gasteiger partial charge on any atom is -0.371 e. The van der Waals surface area contributed by atoms with Gasteiger partial charge in [-0.1, -0.05) is 22.9 Å². The molecule has 0 radical (unpaired) electrons. The van der Waals surface area contributed by atoms with Gasteiger partial charge in [0.15, 0.2) is 0 Å². The number of hydrogen-bond donors (Lipinski definition) is 1. The Hall–Kier alpha value is -0.540. The van der Waals surface area contributed by atoms with E-state index in [0.29, 0.717) is 0 Å². The highest BCUT2D eigenvalue weighted by molar-refractivity contribution is 9.10. The van der Waals surface area contributed by atoms with E-state index in [2.05, 4.69) is 51.3 Å². The van der Waals surface area contributed by atoms with Crippen LogP contribution in [0.3, 0.4) is 0 Å². The van der Waals surface area contributed by atoms with Crippen molar-refractivity contribution in [3.63, 3.8) is 0 Å². The molecule has 2 aliphatic rings. The molecule has 0 amide bonds. The number of halogens is 1. The molecule has 1 aromatic carbocycles. The molecule has 2 atom stereocenters. The molecule has 3 rings (SSSR count). The lowest BCUT2D eigenvalue weighted by Crippen LogP contribution is -2.31. The molecule has 110 valence electrons. The van der Waals surface area contributed by atoms with Gasteiger partial charge in [0, 0.05) is 29.2 Å². The molecule has 2 heterocycles. The van der Waals surface area contributed by atoms with Crippen molar-refractivity contribution in [2.75, 3.05) is 31.1 Å². The molecule has 0 aromatic heterocycles. The van der Waals surface area contributed by atoms with Crippen LogP contribution >= 0.6 is 15.9 Å². The molecule has 1 fully saturated rings. The zero-order valence-electron chi connectivity index (χ0n) is 12.4.